The van der Waals surface area contributed by atoms with Crippen LogP contribution in [0.1, 0.15) is 42.1 Å². The van der Waals surface area contributed by atoms with E-state index in [1.807, 2.05) is 44.2 Å². The topological polar surface area (TPSA) is 76.7 Å². The molecule has 2 amide bonds. The van der Waals surface area contributed by atoms with E-state index in [-0.39, 0.29) is 12.6 Å². The minimum Gasteiger partial charge on any atom is -0.489 e. The van der Waals surface area contributed by atoms with Crippen molar-refractivity contribution in [3.8, 4) is 5.75 Å². The highest BCUT2D eigenvalue weighted by molar-refractivity contribution is 9.10. The zero-order chi connectivity index (χ0) is 21.8. The van der Waals surface area contributed by atoms with Gasteiger partial charge >= 0.3 is 12.0 Å². The van der Waals surface area contributed by atoms with Crippen LogP contribution < -0.4 is 15.4 Å². The summed E-state index contributed by atoms with van der Waals surface area (Å²) in [5, 5.41) is 5.54. The second-order valence-corrected chi connectivity index (χ2v) is 8.09. The van der Waals surface area contributed by atoms with Gasteiger partial charge in [0.15, 0.2) is 0 Å². The number of aryl methyl sites for hydroxylation is 1. The average Bonchev–Trinajstić information content (AvgIpc) is 2.69. The van der Waals surface area contributed by atoms with Crippen molar-refractivity contribution in [1.82, 2.24) is 10.6 Å². The monoisotopic (exact) mass is 472 g/mol. The van der Waals surface area contributed by atoms with Crippen molar-refractivity contribution < 1.29 is 19.1 Å². The number of allylic oxidation sites excluding steroid dienone is 1. The van der Waals surface area contributed by atoms with E-state index in [1.54, 1.807) is 13.8 Å². The number of amides is 2. The summed E-state index contributed by atoms with van der Waals surface area (Å²) in [6.07, 6.45) is 0. The van der Waals surface area contributed by atoms with Crippen molar-refractivity contribution >= 4 is 27.9 Å². The first-order valence-corrected chi connectivity index (χ1v) is 10.5. The maximum absolute atomic E-state index is 12.6. The summed E-state index contributed by atoms with van der Waals surface area (Å²) in [5.41, 5.74) is 4.71. The van der Waals surface area contributed by atoms with E-state index in [0.29, 0.717) is 17.9 Å². The third-order valence-corrected chi connectivity index (χ3v) is 5.51. The number of rotatable bonds is 6. The Kier molecular flexibility index (Phi) is 6.82. The molecule has 2 N–H and O–H groups in total. The van der Waals surface area contributed by atoms with Crippen LogP contribution in [-0.4, -0.2) is 18.6 Å². The number of halogens is 1. The van der Waals surface area contributed by atoms with Crippen molar-refractivity contribution in [3.05, 3.63) is 74.4 Å². The van der Waals surface area contributed by atoms with Gasteiger partial charge in [-0.3, -0.25) is 0 Å². The Balaban J connectivity index is 1.96. The number of carbonyl (C=O) groups is 2. The predicted molar refractivity (Wildman–Crippen MR) is 118 cm³/mol. The molecule has 2 aromatic carbocycles. The van der Waals surface area contributed by atoms with E-state index in [0.717, 1.165) is 32.5 Å². The average molecular weight is 473 g/mol. The molecular formula is C23H25BrN2O4. The maximum atomic E-state index is 12.6. The van der Waals surface area contributed by atoms with E-state index in [4.69, 9.17) is 9.47 Å². The van der Waals surface area contributed by atoms with E-state index in [1.165, 1.54) is 0 Å². The Morgan fingerprint density at radius 1 is 1.13 bits per heavy atom. The Morgan fingerprint density at radius 2 is 1.83 bits per heavy atom. The standard InChI is InChI=1S/C23H25BrN2O4/c1-5-29-22(27)20-15(4)25-23(28)26-21(20)19-11-13(2)10-16(14(19)3)12-30-18-8-6-17(24)7-9-18/h6-11,21H,5,12H2,1-4H3,(H2,25,26,28). The molecule has 0 bridgehead atoms. The van der Waals surface area contributed by atoms with Crippen molar-refractivity contribution in [3.63, 3.8) is 0 Å². The molecule has 7 heteroatoms. The number of esters is 1. The molecule has 1 unspecified atom stereocenters. The molecule has 0 saturated carbocycles. The van der Waals surface area contributed by atoms with Crippen LogP contribution in [0.15, 0.2) is 52.1 Å². The van der Waals surface area contributed by atoms with E-state index in [9.17, 15) is 9.59 Å². The molecule has 3 rings (SSSR count). The molecule has 1 heterocycles. The number of ether oxygens (including phenoxy) is 2. The summed E-state index contributed by atoms with van der Waals surface area (Å²) in [7, 11) is 0. The minimum atomic E-state index is -0.593. The van der Waals surface area contributed by atoms with Crippen molar-refractivity contribution in [2.24, 2.45) is 0 Å². The van der Waals surface area contributed by atoms with Crippen LogP contribution in [0.3, 0.4) is 0 Å². The van der Waals surface area contributed by atoms with Gasteiger partial charge in [-0.15, -0.1) is 0 Å². The molecule has 30 heavy (non-hydrogen) atoms. The summed E-state index contributed by atoms with van der Waals surface area (Å²) in [5.74, 6) is 0.319. The van der Waals surface area contributed by atoms with Crippen molar-refractivity contribution in [2.45, 2.75) is 40.3 Å². The molecule has 6 nitrogen and oxygen atoms in total. The van der Waals surface area contributed by atoms with Gasteiger partial charge in [0.1, 0.15) is 12.4 Å². The van der Waals surface area contributed by atoms with Gasteiger partial charge < -0.3 is 20.1 Å². The first kappa shape index (κ1) is 21.9. The summed E-state index contributed by atoms with van der Waals surface area (Å²) in [6, 6.07) is 10.7. The quantitative estimate of drug-likeness (QED) is 0.589. The van der Waals surface area contributed by atoms with Gasteiger partial charge in [-0.05, 0) is 68.7 Å². The SMILES string of the molecule is CCOC(=O)C1=C(C)NC(=O)NC1c1cc(C)cc(COc2ccc(Br)cc2)c1C. The smallest absolute Gasteiger partial charge is 0.338 e. The highest BCUT2D eigenvalue weighted by Gasteiger charge is 2.33. The van der Waals surface area contributed by atoms with E-state index >= 15 is 0 Å². The molecule has 0 aliphatic carbocycles. The van der Waals surface area contributed by atoms with Crippen LogP contribution in [0.4, 0.5) is 4.79 Å². The molecule has 0 radical (unpaired) electrons. The fourth-order valence-corrected chi connectivity index (χ4v) is 3.78. The lowest BCUT2D eigenvalue weighted by Crippen LogP contribution is -2.45. The molecule has 2 aromatic rings. The fraction of sp³-hybridized carbons (Fsp3) is 0.304. The Morgan fingerprint density at radius 3 is 2.50 bits per heavy atom. The molecule has 0 spiro atoms. The summed E-state index contributed by atoms with van der Waals surface area (Å²) in [6.45, 7) is 8.05. The zero-order valence-corrected chi connectivity index (χ0v) is 19.1. The second-order valence-electron chi connectivity index (χ2n) is 7.17. The molecular weight excluding hydrogens is 448 g/mol. The molecule has 1 aliphatic rings. The van der Waals surface area contributed by atoms with Crippen LogP contribution in [-0.2, 0) is 16.1 Å². The molecule has 0 fully saturated rings. The lowest BCUT2D eigenvalue weighted by molar-refractivity contribution is -0.139. The Hall–Kier alpha value is -2.80. The number of benzene rings is 2. The summed E-state index contributed by atoms with van der Waals surface area (Å²) >= 11 is 3.42. The number of carbonyl (C=O) groups excluding carboxylic acids is 2. The van der Waals surface area contributed by atoms with Crippen LogP contribution in [0.2, 0.25) is 0 Å². The Labute approximate surface area is 184 Å². The van der Waals surface area contributed by atoms with Gasteiger partial charge in [0, 0.05) is 10.2 Å². The molecule has 0 aromatic heterocycles. The summed E-state index contributed by atoms with van der Waals surface area (Å²) < 4.78 is 12.2. The zero-order valence-electron chi connectivity index (χ0n) is 17.5. The van der Waals surface area contributed by atoms with Crippen LogP contribution in [0.5, 0.6) is 5.75 Å². The highest BCUT2D eigenvalue weighted by Crippen LogP contribution is 2.32. The van der Waals surface area contributed by atoms with Crippen LogP contribution in [0.25, 0.3) is 0 Å². The molecule has 0 saturated heterocycles. The predicted octanol–water partition coefficient (Wildman–Crippen LogP) is 4.84. The highest BCUT2D eigenvalue weighted by atomic mass is 79.9. The lowest BCUT2D eigenvalue weighted by Gasteiger charge is -2.30. The van der Waals surface area contributed by atoms with Gasteiger partial charge in [-0.2, -0.15) is 0 Å². The first-order valence-electron chi connectivity index (χ1n) is 9.74. The van der Waals surface area contributed by atoms with Crippen LogP contribution >= 0.6 is 15.9 Å². The van der Waals surface area contributed by atoms with Gasteiger partial charge in [-0.1, -0.05) is 33.6 Å². The number of hydrogen-bond donors (Lipinski definition) is 2. The minimum absolute atomic E-state index is 0.259. The number of nitrogens with one attached hydrogen (secondary N) is 2. The second kappa shape index (κ2) is 9.34. The van der Waals surface area contributed by atoms with Crippen molar-refractivity contribution in [2.75, 3.05) is 6.61 Å². The van der Waals surface area contributed by atoms with Crippen molar-refractivity contribution in [1.29, 1.82) is 0 Å². The first-order chi connectivity index (χ1) is 14.3. The maximum Gasteiger partial charge on any atom is 0.338 e. The number of urea groups is 1. The fourth-order valence-electron chi connectivity index (χ4n) is 3.51. The lowest BCUT2D eigenvalue weighted by atomic mass is 9.89. The largest absolute Gasteiger partial charge is 0.489 e. The molecule has 158 valence electrons. The van der Waals surface area contributed by atoms with Gasteiger partial charge in [0.25, 0.3) is 0 Å². The summed E-state index contributed by atoms with van der Waals surface area (Å²) in [4.78, 5) is 24.8. The van der Waals surface area contributed by atoms with Crippen LogP contribution in [0, 0.1) is 13.8 Å². The normalized spacial score (nSPS) is 16.0. The van der Waals surface area contributed by atoms with Gasteiger partial charge in [0.05, 0.1) is 18.2 Å². The molecule has 1 atom stereocenters. The number of hydrogen-bond acceptors (Lipinski definition) is 4. The van der Waals surface area contributed by atoms with E-state index < -0.39 is 12.0 Å². The van der Waals surface area contributed by atoms with Gasteiger partial charge in [-0.25, -0.2) is 9.59 Å². The molecule has 1 aliphatic heterocycles. The third kappa shape index (κ3) is 4.84. The van der Waals surface area contributed by atoms with E-state index in [2.05, 4.69) is 32.6 Å². The van der Waals surface area contributed by atoms with Gasteiger partial charge in [0.2, 0.25) is 0 Å². The Bertz CT molecular complexity index is 999. The third-order valence-electron chi connectivity index (χ3n) is 4.98.